The Kier molecular flexibility index (Phi) is 7.58. The van der Waals surface area contributed by atoms with Crippen molar-refractivity contribution in [2.75, 3.05) is 18.9 Å². The molecule has 7 heterocycles. The van der Waals surface area contributed by atoms with Crippen LogP contribution in [0.4, 0.5) is 10.2 Å². The summed E-state index contributed by atoms with van der Waals surface area (Å²) in [6.45, 7) is -9.33. The smallest absolute Gasteiger partial charge is 0.325 e. The van der Waals surface area contributed by atoms with Gasteiger partial charge in [-0.25, -0.2) is 18.9 Å². The van der Waals surface area contributed by atoms with E-state index >= 15 is 4.39 Å². The minimum atomic E-state index is -4.24. The fraction of sp³-hybridized carbons (Fsp3) is 0.579. The number of amides is 1. The topological polar surface area (TPSA) is 258 Å². The number of anilines is 1. The van der Waals surface area contributed by atoms with Gasteiger partial charge in [0.15, 0.2) is 29.7 Å². The van der Waals surface area contributed by atoms with Gasteiger partial charge in [0.25, 0.3) is 5.91 Å². The lowest BCUT2D eigenvalue weighted by Gasteiger charge is -2.30. The van der Waals surface area contributed by atoms with Crippen LogP contribution in [-0.4, -0.2) is 108 Å². The molecule has 2 bridgehead atoms. The van der Waals surface area contributed by atoms with Crippen molar-refractivity contribution in [3.8, 4) is 0 Å². The number of fused-ring (bicyclic) bond motifs is 5. The van der Waals surface area contributed by atoms with Crippen molar-refractivity contribution in [2.45, 2.75) is 55.4 Å². The number of guanidine groups is 1. The third-order valence-electron chi connectivity index (χ3n) is 7.18. The van der Waals surface area contributed by atoms with Gasteiger partial charge in [0, 0.05) is 6.42 Å². The monoisotopic (exact) mass is 693 g/mol. The number of imidazole rings is 1. The summed E-state index contributed by atoms with van der Waals surface area (Å²) in [6, 6.07) is -1.22. The van der Waals surface area contributed by atoms with Crippen LogP contribution in [0.25, 0.3) is 5.65 Å². The second kappa shape index (κ2) is 11.1. The van der Waals surface area contributed by atoms with Crippen molar-refractivity contribution in [2.24, 2.45) is 15.3 Å². The minimum Gasteiger partial charge on any atom is -0.381 e. The molecule has 2 aromatic heterocycles. The predicted molar refractivity (Wildman–Crippen MR) is 149 cm³/mol. The number of aromatic nitrogens is 4. The molecule has 3 unspecified atom stereocenters. The van der Waals surface area contributed by atoms with Gasteiger partial charge in [-0.05, 0) is 23.6 Å². The molecule has 0 aromatic carbocycles. The molecule has 5 aliphatic heterocycles. The number of carbonyl (C=O) groups is 1. The number of nitrogens with one attached hydrogen (secondary N) is 2. The number of hydrogen-bond donors (Lipinski definition) is 5. The summed E-state index contributed by atoms with van der Waals surface area (Å²) in [4.78, 5) is 46.3. The number of rotatable bonds is 2. The number of carbonyl (C=O) groups excluding carboxylic acids is 1. The summed E-state index contributed by atoms with van der Waals surface area (Å²) >= 11 is 10.4. The van der Waals surface area contributed by atoms with Crippen LogP contribution in [0.3, 0.4) is 0 Å². The van der Waals surface area contributed by atoms with Gasteiger partial charge in [-0.15, -0.1) is 5.11 Å². The van der Waals surface area contributed by atoms with E-state index < -0.39 is 87.5 Å². The lowest BCUT2D eigenvalue weighted by molar-refractivity contribution is -0.119. The number of nitrogens with zero attached hydrogens (tertiary/aromatic N) is 8. The van der Waals surface area contributed by atoms with Gasteiger partial charge < -0.3 is 38.6 Å². The highest BCUT2D eigenvalue weighted by molar-refractivity contribution is 8.07. The molecule has 44 heavy (non-hydrogen) atoms. The molecule has 10 atom stereocenters. The molecular weight excluding hydrogens is 671 g/mol. The van der Waals surface area contributed by atoms with Crippen LogP contribution in [0.1, 0.15) is 18.2 Å². The molecule has 7 rings (SSSR count). The first-order valence-corrected chi connectivity index (χ1v) is 18.0. The third kappa shape index (κ3) is 5.46. The molecule has 2 aromatic rings. The average Bonchev–Trinajstić information content (AvgIpc) is 3.72. The molecule has 20 nitrogen and oxygen atoms in total. The number of aliphatic imine (C=N–C) groups is 1. The normalized spacial score (nSPS) is 41.0. The Morgan fingerprint density at radius 2 is 1.86 bits per heavy atom. The molecule has 25 heteroatoms. The number of halogens is 1. The largest absolute Gasteiger partial charge is 0.381 e. The van der Waals surface area contributed by atoms with Crippen molar-refractivity contribution in [3.63, 3.8) is 0 Å². The van der Waals surface area contributed by atoms with E-state index in [2.05, 4.69) is 35.7 Å². The summed E-state index contributed by atoms with van der Waals surface area (Å²) in [6.07, 6.45) is -6.40. The predicted octanol–water partition coefficient (Wildman–Crippen LogP) is -0.635. The van der Waals surface area contributed by atoms with E-state index in [0.29, 0.717) is 11.3 Å². The second-order valence-electron chi connectivity index (χ2n) is 9.97. The van der Waals surface area contributed by atoms with Crippen molar-refractivity contribution < 1.29 is 46.5 Å². The highest BCUT2D eigenvalue weighted by Crippen LogP contribution is 2.53. The zero-order chi connectivity index (χ0) is 31.0. The summed E-state index contributed by atoms with van der Waals surface area (Å²) in [5, 5.41) is 22.7. The molecule has 0 aliphatic carbocycles. The summed E-state index contributed by atoms with van der Waals surface area (Å²) in [7, 11) is 0. The molecule has 3 saturated heterocycles. The minimum absolute atomic E-state index is 0.116. The fourth-order valence-electron chi connectivity index (χ4n) is 5.22. The van der Waals surface area contributed by atoms with Crippen LogP contribution in [0.2, 0.25) is 0 Å². The first kappa shape index (κ1) is 30.1. The van der Waals surface area contributed by atoms with Gasteiger partial charge in [0.1, 0.15) is 30.7 Å². The molecule has 0 spiro atoms. The maximum absolute atomic E-state index is 15.8. The van der Waals surface area contributed by atoms with Gasteiger partial charge in [-0.2, -0.15) is 15.1 Å². The fourth-order valence-corrected chi connectivity index (χ4v) is 8.10. The number of nitrogens with two attached hydrogens (primary N) is 1. The van der Waals surface area contributed by atoms with E-state index in [0.717, 1.165) is 5.01 Å². The number of hydrogen-bond acceptors (Lipinski definition) is 17. The molecular formula is C19H22FN11O9P2S2. The first-order chi connectivity index (χ1) is 20.9. The van der Waals surface area contributed by atoms with Gasteiger partial charge in [0.05, 0.1) is 31.2 Å². The quantitative estimate of drug-likeness (QED) is 0.245. The Bertz CT molecular complexity index is 1700. The van der Waals surface area contributed by atoms with Crippen LogP contribution < -0.4 is 11.1 Å². The van der Waals surface area contributed by atoms with Gasteiger partial charge in [0.2, 0.25) is 12.0 Å². The Morgan fingerprint density at radius 3 is 2.66 bits per heavy atom. The Morgan fingerprint density at radius 1 is 1.11 bits per heavy atom. The van der Waals surface area contributed by atoms with Crippen molar-refractivity contribution in [1.29, 1.82) is 5.41 Å². The molecule has 236 valence electrons. The lowest BCUT2D eigenvalue weighted by Crippen LogP contribution is -2.52. The Hall–Kier alpha value is -2.53. The van der Waals surface area contributed by atoms with E-state index in [9.17, 15) is 14.6 Å². The first-order valence-electron chi connectivity index (χ1n) is 12.8. The van der Waals surface area contributed by atoms with Crippen LogP contribution >= 0.6 is 13.4 Å². The molecule has 6 N–H and O–H groups in total. The number of nitrogen functional groups attached to an aromatic ring is 1. The highest BCUT2D eigenvalue weighted by atomic mass is 32.5. The standard InChI is InChI=1S/C19H22FN11O9P2S2/c20-11-10-4-36-41(33,43)39-8-1-7(6-2-23-16-14(21)24-5-25-30(6)16)37-9(8)3-35-42(34,44)40-13(11)18(38-10)31-15-12(28-29-31)17(32)27-19(22)26-15/h2,5,7-13,18H,1,3-4H2,(H,33,43)(H,34,44)(H2,21,24,25)(H2,22,27,32)/t7-,8+,9-,10-,11+,12?,13-,18-,41?,42?/m1/s1. The average molecular weight is 694 g/mol. The number of ether oxygens (including phenoxy) is 2. The van der Waals surface area contributed by atoms with E-state index in [1.54, 1.807) is 0 Å². The van der Waals surface area contributed by atoms with Crippen molar-refractivity contribution >= 4 is 66.2 Å². The summed E-state index contributed by atoms with van der Waals surface area (Å²) < 4.78 is 51.6. The lowest BCUT2D eigenvalue weighted by atomic mass is 10.1. The van der Waals surface area contributed by atoms with Gasteiger partial charge in [-0.1, -0.05) is 5.22 Å². The van der Waals surface area contributed by atoms with E-state index in [1.165, 1.54) is 17.0 Å². The van der Waals surface area contributed by atoms with Crippen molar-refractivity contribution in [1.82, 2.24) is 29.9 Å². The van der Waals surface area contributed by atoms with E-state index in [4.69, 9.17) is 62.3 Å². The van der Waals surface area contributed by atoms with Gasteiger partial charge >= 0.3 is 13.4 Å². The number of alkyl halides is 1. The van der Waals surface area contributed by atoms with E-state index in [1.807, 2.05) is 0 Å². The number of amidine groups is 1. The molecule has 3 fully saturated rings. The summed E-state index contributed by atoms with van der Waals surface area (Å²) in [5.74, 6) is -1.17. The van der Waals surface area contributed by atoms with Crippen LogP contribution in [0.15, 0.2) is 27.9 Å². The maximum atomic E-state index is 15.8. The zero-order valence-corrected chi connectivity index (χ0v) is 25.3. The molecule has 0 radical (unpaired) electrons. The second-order valence-corrected chi connectivity index (χ2v) is 15.6. The van der Waals surface area contributed by atoms with Crippen molar-refractivity contribution in [3.05, 3.63) is 18.2 Å². The third-order valence-corrected chi connectivity index (χ3v) is 10.3. The maximum Gasteiger partial charge on any atom is 0.325 e. The van der Waals surface area contributed by atoms with Crippen LogP contribution in [0.5, 0.6) is 0 Å². The summed E-state index contributed by atoms with van der Waals surface area (Å²) in [5.41, 5.74) is 6.67. The van der Waals surface area contributed by atoms with Crippen LogP contribution in [0, 0.1) is 5.41 Å². The van der Waals surface area contributed by atoms with Gasteiger partial charge in [-0.3, -0.25) is 20.0 Å². The SMILES string of the molecule is N=C1N=C2C(N=NN2[C@@H]2O[C@@H]3COP(O)(=S)O[C@H]4C[C@H](c5cnc6c(N)ncnn56)O[C@@H]4COP(O)(=S)O[C@@H]2[C@H]3F)C(=O)N1. The van der Waals surface area contributed by atoms with Crippen LogP contribution in [-0.2, 0) is 56.0 Å². The molecule has 1 amide bonds. The molecule has 0 saturated carbocycles. The Balaban J connectivity index is 1.16. The molecule has 5 aliphatic rings. The zero-order valence-electron chi connectivity index (χ0n) is 21.9. The highest BCUT2D eigenvalue weighted by Gasteiger charge is 2.55. The Labute approximate surface area is 255 Å². The van der Waals surface area contributed by atoms with E-state index in [-0.39, 0.29) is 18.1 Å².